The fourth-order valence-corrected chi connectivity index (χ4v) is 2.80. The van der Waals surface area contributed by atoms with Crippen LogP contribution < -0.4 is 0 Å². The quantitative estimate of drug-likeness (QED) is 0.661. The Balaban J connectivity index is 2.82. The molecule has 2 rings (SSSR count). The first-order valence-corrected chi connectivity index (χ1v) is 5.44. The van der Waals surface area contributed by atoms with Crippen molar-refractivity contribution in [3.63, 3.8) is 0 Å². The molecule has 1 aromatic carbocycles. The maximum atomic E-state index is 11.3. The van der Waals surface area contributed by atoms with E-state index < -0.39 is 10.0 Å². The molecule has 0 atom stereocenters. The molecule has 68 valence electrons. The van der Waals surface area contributed by atoms with Crippen LogP contribution >= 0.6 is 11.6 Å². The summed E-state index contributed by atoms with van der Waals surface area (Å²) in [5.74, 6) is 0. The first-order chi connectivity index (χ1) is 6.00. The number of rotatable bonds is 0. The molecule has 0 unspecified atom stereocenters. The van der Waals surface area contributed by atoms with Crippen molar-refractivity contribution >= 4 is 26.8 Å². The predicted octanol–water partition coefficient (Wildman–Crippen LogP) is 1.68. The second kappa shape index (κ2) is 2.56. The maximum Gasteiger partial charge on any atom is 0.284 e. The molecule has 0 bridgehead atoms. The van der Waals surface area contributed by atoms with Crippen molar-refractivity contribution in [1.29, 1.82) is 0 Å². The second-order valence-electron chi connectivity index (χ2n) is 2.86. The Bertz CT molecular complexity index is 505. The summed E-state index contributed by atoms with van der Waals surface area (Å²) in [6, 6.07) is 4.96. The van der Waals surface area contributed by atoms with Crippen molar-refractivity contribution in [2.45, 2.75) is 11.8 Å². The minimum atomic E-state index is -3.52. The summed E-state index contributed by atoms with van der Waals surface area (Å²) in [6.45, 7) is 1.87. The van der Waals surface area contributed by atoms with Gasteiger partial charge in [0.05, 0.1) is 4.90 Å². The minimum absolute atomic E-state index is 0.0544. The molecule has 1 aliphatic rings. The van der Waals surface area contributed by atoms with E-state index in [1.807, 2.05) is 6.92 Å². The number of hydrogen-bond donors (Lipinski definition) is 0. The molecule has 0 saturated carbocycles. The van der Waals surface area contributed by atoms with E-state index in [0.717, 1.165) is 5.56 Å². The Morgan fingerprint density at radius 3 is 2.77 bits per heavy atom. The van der Waals surface area contributed by atoms with E-state index in [0.29, 0.717) is 5.56 Å². The SMILES string of the molecule is Cc1ccc2c(c1)C(Cl)=NS2(=O)=O. The Morgan fingerprint density at radius 1 is 1.38 bits per heavy atom. The van der Waals surface area contributed by atoms with E-state index in [1.54, 1.807) is 12.1 Å². The average molecular weight is 216 g/mol. The Labute approximate surface area is 81.1 Å². The highest BCUT2D eigenvalue weighted by Crippen LogP contribution is 2.28. The third kappa shape index (κ3) is 1.26. The van der Waals surface area contributed by atoms with Gasteiger partial charge in [-0.3, -0.25) is 0 Å². The summed E-state index contributed by atoms with van der Waals surface area (Å²) in [6.07, 6.45) is 0. The normalized spacial score (nSPS) is 18.2. The molecule has 13 heavy (non-hydrogen) atoms. The van der Waals surface area contributed by atoms with Gasteiger partial charge in [0.25, 0.3) is 10.0 Å². The lowest BCUT2D eigenvalue weighted by Crippen LogP contribution is -1.93. The Kier molecular flexibility index (Phi) is 1.72. The number of benzene rings is 1. The zero-order valence-electron chi connectivity index (χ0n) is 6.78. The lowest BCUT2D eigenvalue weighted by Gasteiger charge is -1.97. The lowest BCUT2D eigenvalue weighted by atomic mass is 10.1. The number of nitrogens with zero attached hydrogens (tertiary/aromatic N) is 1. The van der Waals surface area contributed by atoms with Crippen LogP contribution in [0.3, 0.4) is 0 Å². The Hall–Kier alpha value is -0.870. The van der Waals surface area contributed by atoms with E-state index in [-0.39, 0.29) is 10.1 Å². The molecule has 0 aliphatic carbocycles. The number of aryl methyl sites for hydroxylation is 1. The van der Waals surface area contributed by atoms with Crippen molar-refractivity contribution in [2.24, 2.45) is 4.40 Å². The van der Waals surface area contributed by atoms with Crippen LogP contribution in [-0.4, -0.2) is 13.6 Å². The van der Waals surface area contributed by atoms with Crippen LogP contribution in [0.2, 0.25) is 0 Å². The standard InChI is InChI=1S/C8H6ClNO2S/c1-5-2-3-7-6(4-5)8(9)10-13(7,11)12/h2-4H,1H3. The summed E-state index contributed by atoms with van der Waals surface area (Å²) in [4.78, 5) is 0.197. The largest absolute Gasteiger partial charge is 0.284 e. The maximum absolute atomic E-state index is 11.3. The number of sulfonamides is 1. The molecule has 5 heteroatoms. The first kappa shape index (κ1) is 8.72. The van der Waals surface area contributed by atoms with Gasteiger partial charge in [-0.05, 0) is 19.1 Å². The zero-order chi connectivity index (χ0) is 9.64. The molecule has 0 fully saturated rings. The van der Waals surface area contributed by atoms with Crippen molar-refractivity contribution in [3.05, 3.63) is 29.3 Å². The first-order valence-electron chi connectivity index (χ1n) is 3.62. The molecule has 1 aliphatic heterocycles. The summed E-state index contributed by atoms with van der Waals surface area (Å²) in [5.41, 5.74) is 1.46. The van der Waals surface area contributed by atoms with Gasteiger partial charge >= 0.3 is 0 Å². The number of halogens is 1. The van der Waals surface area contributed by atoms with E-state index >= 15 is 0 Å². The number of hydrogen-bond acceptors (Lipinski definition) is 2. The highest BCUT2D eigenvalue weighted by molar-refractivity contribution is 7.91. The van der Waals surface area contributed by atoms with Crippen LogP contribution in [0.5, 0.6) is 0 Å². The van der Waals surface area contributed by atoms with E-state index in [2.05, 4.69) is 4.40 Å². The van der Waals surface area contributed by atoms with Crippen LogP contribution in [0, 0.1) is 6.92 Å². The molecule has 0 spiro atoms. The fourth-order valence-electron chi connectivity index (χ4n) is 1.23. The monoisotopic (exact) mass is 215 g/mol. The van der Waals surface area contributed by atoms with Crippen molar-refractivity contribution in [3.8, 4) is 0 Å². The predicted molar refractivity (Wildman–Crippen MR) is 50.8 cm³/mol. The van der Waals surface area contributed by atoms with Gasteiger partial charge in [0.15, 0.2) is 5.17 Å². The van der Waals surface area contributed by atoms with E-state index in [1.165, 1.54) is 6.07 Å². The zero-order valence-corrected chi connectivity index (χ0v) is 8.35. The highest BCUT2D eigenvalue weighted by Gasteiger charge is 2.27. The van der Waals surface area contributed by atoms with Gasteiger partial charge in [0.1, 0.15) is 0 Å². The smallest absolute Gasteiger partial charge is 0.199 e. The van der Waals surface area contributed by atoms with Crippen LogP contribution in [0.4, 0.5) is 0 Å². The van der Waals surface area contributed by atoms with Gasteiger partial charge in [0, 0.05) is 5.56 Å². The molecule has 0 amide bonds. The summed E-state index contributed by atoms with van der Waals surface area (Å²) < 4.78 is 26.0. The van der Waals surface area contributed by atoms with Gasteiger partial charge in [-0.1, -0.05) is 23.2 Å². The van der Waals surface area contributed by atoms with Crippen LogP contribution in [0.25, 0.3) is 0 Å². The molecule has 1 heterocycles. The molecular weight excluding hydrogens is 210 g/mol. The molecule has 3 nitrogen and oxygen atoms in total. The van der Waals surface area contributed by atoms with Crippen LogP contribution in [-0.2, 0) is 10.0 Å². The van der Waals surface area contributed by atoms with Crippen LogP contribution in [0.1, 0.15) is 11.1 Å². The van der Waals surface area contributed by atoms with Gasteiger partial charge in [-0.2, -0.15) is 8.42 Å². The topological polar surface area (TPSA) is 46.5 Å². The van der Waals surface area contributed by atoms with Crippen molar-refractivity contribution in [1.82, 2.24) is 0 Å². The van der Waals surface area contributed by atoms with E-state index in [4.69, 9.17) is 11.6 Å². The summed E-state index contributed by atoms with van der Waals surface area (Å²) in [5, 5.41) is 0.0544. The highest BCUT2D eigenvalue weighted by atomic mass is 35.5. The fraction of sp³-hybridized carbons (Fsp3) is 0.125. The Morgan fingerprint density at radius 2 is 2.08 bits per heavy atom. The van der Waals surface area contributed by atoms with Crippen molar-refractivity contribution < 1.29 is 8.42 Å². The third-order valence-electron chi connectivity index (χ3n) is 1.84. The lowest BCUT2D eigenvalue weighted by molar-refractivity contribution is 0.599. The summed E-state index contributed by atoms with van der Waals surface area (Å²) >= 11 is 5.67. The average Bonchev–Trinajstić information content (AvgIpc) is 2.22. The third-order valence-corrected chi connectivity index (χ3v) is 3.56. The molecule has 0 N–H and O–H groups in total. The molecule has 0 radical (unpaired) electrons. The minimum Gasteiger partial charge on any atom is -0.199 e. The van der Waals surface area contributed by atoms with Gasteiger partial charge in [-0.15, -0.1) is 4.40 Å². The van der Waals surface area contributed by atoms with E-state index in [9.17, 15) is 8.42 Å². The van der Waals surface area contributed by atoms with Crippen molar-refractivity contribution in [2.75, 3.05) is 0 Å². The summed E-state index contributed by atoms with van der Waals surface area (Å²) in [7, 11) is -3.52. The second-order valence-corrected chi connectivity index (χ2v) is 4.79. The van der Waals surface area contributed by atoms with Gasteiger partial charge in [0.2, 0.25) is 0 Å². The molecule has 0 saturated heterocycles. The molecular formula is C8H6ClNO2S. The van der Waals surface area contributed by atoms with Gasteiger partial charge in [-0.25, -0.2) is 0 Å². The number of fused-ring (bicyclic) bond motifs is 1. The molecule has 0 aromatic heterocycles. The molecule has 1 aromatic rings. The van der Waals surface area contributed by atoms with Gasteiger partial charge < -0.3 is 0 Å². The van der Waals surface area contributed by atoms with Crippen LogP contribution in [0.15, 0.2) is 27.5 Å².